The molecular weight excluding hydrogens is 409 g/mol. The van der Waals surface area contributed by atoms with Crippen LogP contribution in [0.25, 0.3) is 0 Å². The number of benzene rings is 2. The first-order chi connectivity index (χ1) is 14.3. The van der Waals surface area contributed by atoms with Gasteiger partial charge in [-0.15, -0.1) is 0 Å². The van der Waals surface area contributed by atoms with Gasteiger partial charge in [0, 0.05) is 26.2 Å². The first-order valence-corrected chi connectivity index (χ1v) is 11.2. The van der Waals surface area contributed by atoms with Crippen molar-refractivity contribution in [1.82, 2.24) is 9.21 Å². The second kappa shape index (κ2) is 7.90. The molecule has 0 saturated carbocycles. The molecule has 1 amide bonds. The highest BCUT2D eigenvalue weighted by molar-refractivity contribution is 7.89. The predicted molar refractivity (Wildman–Crippen MR) is 109 cm³/mol. The van der Waals surface area contributed by atoms with Gasteiger partial charge >= 0.3 is 5.91 Å². The van der Waals surface area contributed by atoms with Crippen LogP contribution in [0.4, 0.5) is 10.1 Å². The molecule has 30 heavy (non-hydrogen) atoms. The molecule has 4 rings (SSSR count). The van der Waals surface area contributed by atoms with Crippen LogP contribution in [0.15, 0.2) is 47.4 Å². The summed E-state index contributed by atoms with van der Waals surface area (Å²) in [7, 11) is -3.60. The minimum Gasteiger partial charge on any atom is -0.291 e. The van der Waals surface area contributed by atoms with E-state index in [-0.39, 0.29) is 23.7 Å². The summed E-state index contributed by atoms with van der Waals surface area (Å²) in [6, 6.07) is 10.5. The predicted octanol–water partition coefficient (Wildman–Crippen LogP) is 2.02. The van der Waals surface area contributed by atoms with Gasteiger partial charge in [-0.05, 0) is 43.7 Å². The van der Waals surface area contributed by atoms with Crippen molar-refractivity contribution < 1.29 is 22.4 Å². The van der Waals surface area contributed by atoms with E-state index in [0.717, 1.165) is 11.6 Å². The summed E-state index contributed by atoms with van der Waals surface area (Å²) < 4.78 is 40.8. The van der Waals surface area contributed by atoms with E-state index in [1.807, 2.05) is 11.8 Å². The summed E-state index contributed by atoms with van der Waals surface area (Å²) in [5, 5.41) is 0. The van der Waals surface area contributed by atoms with Crippen molar-refractivity contribution in [3.63, 3.8) is 0 Å². The first kappa shape index (κ1) is 20.6. The van der Waals surface area contributed by atoms with E-state index < -0.39 is 27.5 Å². The lowest BCUT2D eigenvalue weighted by molar-refractivity contribution is -0.114. The number of rotatable bonds is 4. The smallest absolute Gasteiger partial charge is 0.291 e. The second-order valence-corrected chi connectivity index (χ2v) is 9.49. The monoisotopic (exact) mass is 431 g/mol. The lowest BCUT2D eigenvalue weighted by Gasteiger charge is -2.26. The van der Waals surface area contributed by atoms with Crippen molar-refractivity contribution in [2.45, 2.75) is 18.2 Å². The number of nitrogens with zero attached hydrogens (tertiary/aromatic N) is 3. The number of fused-ring (bicyclic) bond motifs is 1. The molecule has 0 aliphatic carbocycles. The van der Waals surface area contributed by atoms with Gasteiger partial charge in [0.2, 0.25) is 10.0 Å². The van der Waals surface area contributed by atoms with Crippen molar-refractivity contribution in [3.8, 4) is 0 Å². The molecule has 0 aromatic heterocycles. The number of aryl methyl sites for hydroxylation is 1. The molecule has 2 aliphatic rings. The molecule has 2 heterocycles. The molecule has 0 radical (unpaired) electrons. The highest BCUT2D eigenvalue weighted by Crippen LogP contribution is 2.30. The average Bonchev–Trinajstić information content (AvgIpc) is 2.88. The number of hydrogen-bond acceptors (Lipinski definition) is 5. The van der Waals surface area contributed by atoms with Crippen LogP contribution in [0.3, 0.4) is 0 Å². The van der Waals surface area contributed by atoms with E-state index >= 15 is 0 Å². The Bertz CT molecular complexity index is 1100. The van der Waals surface area contributed by atoms with Gasteiger partial charge in [0.1, 0.15) is 5.82 Å². The minimum atomic E-state index is -3.60. The number of carbonyl (C=O) groups is 2. The normalized spacial score (nSPS) is 18.5. The zero-order valence-corrected chi connectivity index (χ0v) is 17.4. The molecule has 2 aromatic rings. The summed E-state index contributed by atoms with van der Waals surface area (Å²) in [5.74, 6) is -1.98. The number of anilines is 1. The van der Waals surface area contributed by atoms with Gasteiger partial charge in [0.25, 0.3) is 5.78 Å². The van der Waals surface area contributed by atoms with Crippen molar-refractivity contribution in [2.24, 2.45) is 0 Å². The molecule has 158 valence electrons. The largest absolute Gasteiger partial charge is 0.300 e. The summed E-state index contributed by atoms with van der Waals surface area (Å²) in [5.41, 5.74) is 1.44. The van der Waals surface area contributed by atoms with Crippen molar-refractivity contribution in [2.75, 3.05) is 37.7 Å². The molecule has 1 fully saturated rings. The minimum absolute atomic E-state index is 0.0680. The van der Waals surface area contributed by atoms with E-state index in [4.69, 9.17) is 0 Å². The standard InChI is InChI=1S/C21H22FN3O4S/c1-15-3-6-17(7-4-15)30(28,29)24-10-2-9-23(11-12-24)14-25-19-8-5-16(22)13-18(19)20(26)21(25)27/h3-8,13H,2,9-12,14H2,1H3. The molecule has 0 spiro atoms. The molecule has 2 aromatic carbocycles. The summed E-state index contributed by atoms with van der Waals surface area (Å²) in [6.45, 7) is 3.70. The zero-order valence-electron chi connectivity index (χ0n) is 16.5. The number of hydrogen-bond donors (Lipinski definition) is 0. The van der Waals surface area contributed by atoms with Crippen LogP contribution in [0, 0.1) is 12.7 Å². The highest BCUT2D eigenvalue weighted by atomic mass is 32.2. The fraction of sp³-hybridized carbons (Fsp3) is 0.333. The Morgan fingerprint density at radius 2 is 1.70 bits per heavy atom. The van der Waals surface area contributed by atoms with Gasteiger partial charge < -0.3 is 0 Å². The molecule has 0 atom stereocenters. The molecule has 0 bridgehead atoms. The number of carbonyl (C=O) groups excluding carboxylic acids is 2. The number of amides is 1. The van der Waals surface area contributed by atoms with Crippen LogP contribution in [0.5, 0.6) is 0 Å². The van der Waals surface area contributed by atoms with Crippen LogP contribution in [-0.2, 0) is 14.8 Å². The Kier molecular flexibility index (Phi) is 5.44. The zero-order chi connectivity index (χ0) is 21.5. The Morgan fingerprint density at radius 1 is 0.967 bits per heavy atom. The molecule has 0 N–H and O–H groups in total. The molecule has 2 aliphatic heterocycles. The Balaban J connectivity index is 1.47. The number of Topliss-reactive ketones (excluding diaryl/α,β-unsaturated/α-hetero) is 1. The van der Waals surface area contributed by atoms with E-state index in [1.165, 1.54) is 21.3 Å². The van der Waals surface area contributed by atoms with Gasteiger partial charge in [-0.2, -0.15) is 4.31 Å². The molecule has 1 saturated heterocycles. The first-order valence-electron chi connectivity index (χ1n) is 9.72. The van der Waals surface area contributed by atoms with Crippen molar-refractivity contribution >= 4 is 27.4 Å². The molecule has 0 unspecified atom stereocenters. The Labute approximate surface area is 174 Å². The third-order valence-corrected chi connectivity index (χ3v) is 7.39. The lowest BCUT2D eigenvalue weighted by Crippen LogP contribution is -2.43. The quantitative estimate of drug-likeness (QED) is 0.693. The maximum absolute atomic E-state index is 13.5. The van der Waals surface area contributed by atoms with E-state index in [2.05, 4.69) is 0 Å². The van der Waals surface area contributed by atoms with E-state index in [1.54, 1.807) is 24.3 Å². The number of sulfonamides is 1. The van der Waals surface area contributed by atoms with Crippen molar-refractivity contribution in [3.05, 3.63) is 59.4 Å². The van der Waals surface area contributed by atoms with Gasteiger partial charge in [-0.25, -0.2) is 12.8 Å². The summed E-state index contributed by atoms with van der Waals surface area (Å²) in [4.78, 5) is 28.1. The van der Waals surface area contributed by atoms with Gasteiger partial charge in [0.05, 0.1) is 22.8 Å². The van der Waals surface area contributed by atoms with Crippen LogP contribution in [0.2, 0.25) is 0 Å². The third-order valence-electron chi connectivity index (χ3n) is 5.48. The van der Waals surface area contributed by atoms with E-state index in [9.17, 15) is 22.4 Å². The maximum Gasteiger partial charge on any atom is 0.300 e. The fourth-order valence-electron chi connectivity index (χ4n) is 3.80. The SMILES string of the molecule is Cc1ccc(S(=O)(=O)N2CCCN(CN3C(=O)C(=O)c4cc(F)ccc43)CC2)cc1. The fourth-order valence-corrected chi connectivity index (χ4v) is 5.27. The molecule has 7 nitrogen and oxygen atoms in total. The highest BCUT2D eigenvalue weighted by Gasteiger charge is 2.37. The average molecular weight is 431 g/mol. The molecular formula is C21H22FN3O4S. The Hall–Kier alpha value is -2.62. The second-order valence-electron chi connectivity index (χ2n) is 7.55. The van der Waals surface area contributed by atoms with Gasteiger partial charge in [-0.3, -0.25) is 19.4 Å². The number of ketones is 1. The van der Waals surface area contributed by atoms with Crippen LogP contribution >= 0.6 is 0 Å². The van der Waals surface area contributed by atoms with Gasteiger partial charge in [-0.1, -0.05) is 17.7 Å². The van der Waals surface area contributed by atoms with Crippen molar-refractivity contribution in [1.29, 1.82) is 0 Å². The Morgan fingerprint density at radius 3 is 2.43 bits per heavy atom. The third kappa shape index (κ3) is 3.76. The molecule has 9 heteroatoms. The van der Waals surface area contributed by atoms with Crippen LogP contribution in [-0.4, -0.2) is 62.2 Å². The van der Waals surface area contributed by atoms with Crippen LogP contribution < -0.4 is 4.90 Å². The van der Waals surface area contributed by atoms with E-state index in [0.29, 0.717) is 31.7 Å². The summed E-state index contributed by atoms with van der Waals surface area (Å²) >= 11 is 0. The summed E-state index contributed by atoms with van der Waals surface area (Å²) in [6.07, 6.45) is 0.595. The lowest BCUT2D eigenvalue weighted by atomic mass is 10.1. The topological polar surface area (TPSA) is 78.0 Å². The maximum atomic E-state index is 13.5. The van der Waals surface area contributed by atoms with Crippen LogP contribution in [0.1, 0.15) is 22.3 Å². The van der Waals surface area contributed by atoms with Gasteiger partial charge in [0.15, 0.2) is 0 Å². The number of halogens is 1.